The molecule has 0 fully saturated rings. The molecule has 3 heterocycles. The predicted octanol–water partition coefficient (Wildman–Crippen LogP) is 5.27. The average molecular weight is 450 g/mol. The highest BCUT2D eigenvalue weighted by Crippen LogP contribution is 2.32. The molecule has 4 aromatic rings. The Hall–Kier alpha value is -3.10. The summed E-state index contributed by atoms with van der Waals surface area (Å²) in [4.78, 5) is 21.3. The van der Waals surface area contributed by atoms with Gasteiger partial charge in [-0.25, -0.2) is 9.97 Å². The fourth-order valence-corrected chi connectivity index (χ4v) is 4.74. The number of carbonyl (C=O) groups is 1. The molecule has 1 aliphatic heterocycles. The normalized spacial score (nSPS) is 12.4. The van der Waals surface area contributed by atoms with Crippen LogP contribution in [-0.2, 0) is 17.0 Å². The Morgan fingerprint density at radius 2 is 2.03 bits per heavy atom. The van der Waals surface area contributed by atoms with Gasteiger partial charge in [0.05, 0.1) is 23.7 Å². The van der Waals surface area contributed by atoms with Crippen molar-refractivity contribution in [2.24, 2.45) is 0 Å². The molecular weight excluding hydrogens is 430 g/mol. The summed E-state index contributed by atoms with van der Waals surface area (Å²) in [5.41, 5.74) is 4.85. The molecule has 0 radical (unpaired) electrons. The molecule has 0 spiro atoms. The van der Waals surface area contributed by atoms with E-state index in [2.05, 4.69) is 21.4 Å². The van der Waals surface area contributed by atoms with Crippen molar-refractivity contribution in [2.45, 2.75) is 12.2 Å². The molecule has 6 nitrogen and oxygen atoms in total. The Labute approximate surface area is 187 Å². The van der Waals surface area contributed by atoms with Crippen molar-refractivity contribution in [2.75, 3.05) is 17.7 Å². The van der Waals surface area contributed by atoms with E-state index in [0.717, 1.165) is 41.3 Å². The minimum atomic E-state index is -0.0833. The number of thiazole rings is 1. The predicted molar refractivity (Wildman–Crippen MR) is 123 cm³/mol. The summed E-state index contributed by atoms with van der Waals surface area (Å²) in [6.45, 7) is 0.733. The standard InChI is InChI=1S/C23H19N3O3S2/c27-21(14-30-12-18-11-29-22(24-18)15-4-2-1-3-5-15)26-23-25-19(13-31-23)16-6-7-20-17(10-16)8-9-28-20/h1-7,10-11,13H,8-9,12,14H2,(H,25,26,27). The molecule has 2 aromatic carbocycles. The summed E-state index contributed by atoms with van der Waals surface area (Å²) in [7, 11) is 0. The number of carbonyl (C=O) groups excluding carboxylic acids is 1. The SMILES string of the molecule is O=C(CSCc1coc(-c2ccccc2)n1)Nc1nc(-c2ccc3c(c2)CCO3)cs1. The van der Waals surface area contributed by atoms with Gasteiger partial charge in [-0.15, -0.1) is 23.1 Å². The number of oxazole rings is 1. The lowest BCUT2D eigenvalue weighted by atomic mass is 10.1. The Kier molecular flexibility index (Phi) is 5.73. The number of benzene rings is 2. The largest absolute Gasteiger partial charge is 0.493 e. The molecule has 5 rings (SSSR count). The third-order valence-corrected chi connectivity index (χ3v) is 6.52. The Morgan fingerprint density at radius 3 is 2.94 bits per heavy atom. The molecule has 1 amide bonds. The maximum absolute atomic E-state index is 12.3. The zero-order valence-electron chi connectivity index (χ0n) is 16.5. The van der Waals surface area contributed by atoms with Crippen LogP contribution in [0.25, 0.3) is 22.7 Å². The number of anilines is 1. The second-order valence-electron chi connectivity index (χ2n) is 7.01. The number of hydrogen-bond acceptors (Lipinski definition) is 7. The van der Waals surface area contributed by atoms with E-state index < -0.39 is 0 Å². The highest BCUT2D eigenvalue weighted by atomic mass is 32.2. The van der Waals surface area contributed by atoms with E-state index in [-0.39, 0.29) is 5.91 Å². The number of nitrogens with zero attached hydrogens (tertiary/aromatic N) is 2. The van der Waals surface area contributed by atoms with Gasteiger partial charge in [-0.1, -0.05) is 18.2 Å². The summed E-state index contributed by atoms with van der Waals surface area (Å²) in [6, 6.07) is 15.8. The molecule has 0 aliphatic carbocycles. The molecule has 0 bridgehead atoms. The van der Waals surface area contributed by atoms with E-state index in [1.807, 2.05) is 47.8 Å². The number of aromatic nitrogens is 2. The summed E-state index contributed by atoms with van der Waals surface area (Å²) in [5.74, 6) is 2.38. The van der Waals surface area contributed by atoms with E-state index in [4.69, 9.17) is 9.15 Å². The van der Waals surface area contributed by atoms with E-state index in [1.165, 1.54) is 28.7 Å². The van der Waals surface area contributed by atoms with Gasteiger partial charge in [0.2, 0.25) is 11.8 Å². The monoisotopic (exact) mass is 449 g/mol. The summed E-state index contributed by atoms with van der Waals surface area (Å²) < 4.78 is 11.1. The van der Waals surface area contributed by atoms with Crippen LogP contribution in [0.2, 0.25) is 0 Å². The molecular formula is C23H19N3O3S2. The van der Waals surface area contributed by atoms with Crippen LogP contribution in [-0.4, -0.2) is 28.2 Å². The Bertz CT molecular complexity index is 1200. The minimum Gasteiger partial charge on any atom is -0.493 e. The molecule has 156 valence electrons. The van der Waals surface area contributed by atoms with E-state index in [0.29, 0.717) is 22.5 Å². The van der Waals surface area contributed by atoms with Crippen molar-refractivity contribution in [3.8, 4) is 28.5 Å². The van der Waals surface area contributed by atoms with E-state index in [1.54, 1.807) is 6.26 Å². The van der Waals surface area contributed by atoms with Crippen LogP contribution in [0.4, 0.5) is 5.13 Å². The molecule has 0 saturated carbocycles. The second kappa shape index (κ2) is 8.95. The molecule has 2 aromatic heterocycles. The van der Waals surface area contributed by atoms with E-state index >= 15 is 0 Å². The van der Waals surface area contributed by atoms with Crippen molar-refractivity contribution < 1.29 is 13.9 Å². The van der Waals surface area contributed by atoms with Gasteiger partial charge in [-0.2, -0.15) is 0 Å². The number of fused-ring (bicyclic) bond motifs is 1. The first-order valence-electron chi connectivity index (χ1n) is 9.84. The quantitative estimate of drug-likeness (QED) is 0.414. The Morgan fingerprint density at radius 1 is 1.13 bits per heavy atom. The lowest BCUT2D eigenvalue weighted by molar-refractivity contribution is -0.113. The molecule has 8 heteroatoms. The van der Waals surface area contributed by atoms with Crippen LogP contribution >= 0.6 is 23.1 Å². The molecule has 31 heavy (non-hydrogen) atoms. The molecule has 0 unspecified atom stereocenters. The molecule has 0 atom stereocenters. The highest BCUT2D eigenvalue weighted by molar-refractivity contribution is 7.99. The van der Waals surface area contributed by atoms with Crippen molar-refractivity contribution >= 4 is 34.1 Å². The van der Waals surface area contributed by atoms with Gasteiger partial charge in [0.25, 0.3) is 0 Å². The van der Waals surface area contributed by atoms with Gasteiger partial charge >= 0.3 is 0 Å². The van der Waals surface area contributed by atoms with Gasteiger partial charge in [0, 0.05) is 28.7 Å². The fraction of sp³-hybridized carbons (Fsp3) is 0.174. The second-order valence-corrected chi connectivity index (χ2v) is 8.85. The van der Waals surface area contributed by atoms with Gasteiger partial charge in [0.15, 0.2) is 5.13 Å². The lowest BCUT2D eigenvalue weighted by Crippen LogP contribution is -2.14. The molecule has 1 N–H and O–H groups in total. The first-order chi connectivity index (χ1) is 15.2. The zero-order chi connectivity index (χ0) is 21.0. The Balaban J connectivity index is 1.13. The first kappa shape index (κ1) is 19.8. The van der Waals surface area contributed by atoms with Crippen LogP contribution in [0.3, 0.4) is 0 Å². The summed E-state index contributed by atoms with van der Waals surface area (Å²) >= 11 is 2.91. The first-order valence-corrected chi connectivity index (χ1v) is 11.9. The number of nitrogens with one attached hydrogen (secondary N) is 1. The van der Waals surface area contributed by atoms with Crippen molar-refractivity contribution in [3.05, 3.63) is 71.4 Å². The fourth-order valence-electron chi connectivity index (χ4n) is 3.30. The maximum atomic E-state index is 12.3. The number of amides is 1. The third kappa shape index (κ3) is 4.65. The van der Waals surface area contributed by atoms with Crippen LogP contribution in [0, 0.1) is 0 Å². The number of rotatable bonds is 7. The minimum absolute atomic E-state index is 0.0833. The van der Waals surface area contributed by atoms with Crippen LogP contribution in [0.15, 0.2) is 64.6 Å². The van der Waals surface area contributed by atoms with Gasteiger partial charge < -0.3 is 14.5 Å². The third-order valence-electron chi connectivity index (χ3n) is 4.79. The van der Waals surface area contributed by atoms with E-state index in [9.17, 15) is 4.79 Å². The number of hydrogen-bond donors (Lipinski definition) is 1. The van der Waals surface area contributed by atoms with Gasteiger partial charge in [-0.05, 0) is 35.9 Å². The van der Waals surface area contributed by atoms with Gasteiger partial charge in [0.1, 0.15) is 12.0 Å². The lowest BCUT2D eigenvalue weighted by Gasteiger charge is -2.02. The number of ether oxygens (including phenoxy) is 1. The van der Waals surface area contributed by atoms with Crippen LogP contribution < -0.4 is 10.1 Å². The van der Waals surface area contributed by atoms with Crippen molar-refractivity contribution in [1.82, 2.24) is 9.97 Å². The van der Waals surface area contributed by atoms with Crippen LogP contribution in [0.1, 0.15) is 11.3 Å². The summed E-state index contributed by atoms with van der Waals surface area (Å²) in [5, 5.41) is 5.44. The van der Waals surface area contributed by atoms with Crippen molar-refractivity contribution in [1.29, 1.82) is 0 Å². The average Bonchev–Trinajstić information content (AvgIpc) is 3.55. The summed E-state index contributed by atoms with van der Waals surface area (Å²) in [6.07, 6.45) is 2.56. The molecule has 0 saturated heterocycles. The smallest absolute Gasteiger partial charge is 0.236 e. The van der Waals surface area contributed by atoms with Gasteiger partial charge in [-0.3, -0.25) is 4.79 Å². The highest BCUT2D eigenvalue weighted by Gasteiger charge is 2.15. The molecule has 1 aliphatic rings. The number of thioether (sulfide) groups is 1. The maximum Gasteiger partial charge on any atom is 0.236 e. The topological polar surface area (TPSA) is 77.3 Å². The van der Waals surface area contributed by atoms with Crippen molar-refractivity contribution in [3.63, 3.8) is 0 Å². The van der Waals surface area contributed by atoms with Crippen LogP contribution in [0.5, 0.6) is 5.75 Å². The zero-order valence-corrected chi connectivity index (χ0v) is 18.2.